The normalized spacial score (nSPS) is 11.7. The number of aliphatic carboxylic acids is 1. The fourth-order valence-corrected chi connectivity index (χ4v) is 2.53. The van der Waals surface area contributed by atoms with E-state index in [1.165, 1.54) is 11.8 Å². The number of carboxylic acid groups (broad SMARTS) is 1. The number of benzene rings is 1. The molecule has 1 N–H and O–H groups in total. The van der Waals surface area contributed by atoms with Gasteiger partial charge >= 0.3 is 5.97 Å². The van der Waals surface area contributed by atoms with Gasteiger partial charge in [-0.25, -0.2) is 4.79 Å². The number of nitrogens with zero attached hydrogens (tertiary/aromatic N) is 1. The lowest BCUT2D eigenvalue weighted by Crippen LogP contribution is -2.49. The monoisotopic (exact) mass is 323 g/mol. The maximum absolute atomic E-state index is 12.6. The molecule has 0 saturated heterocycles. The number of carbonyl (C=O) groups excluding carboxylic acids is 2. The van der Waals surface area contributed by atoms with Gasteiger partial charge in [0.1, 0.15) is 6.04 Å². The van der Waals surface area contributed by atoms with Crippen LogP contribution in [0.4, 0.5) is 0 Å². The minimum atomic E-state index is -1.15. The fourth-order valence-electron chi connectivity index (χ4n) is 2.08. The molecule has 0 heterocycles. The molecule has 1 atom stereocenters. The average molecular weight is 323 g/mol. The van der Waals surface area contributed by atoms with Gasteiger partial charge < -0.3 is 5.11 Å². The summed E-state index contributed by atoms with van der Waals surface area (Å²) in [5.74, 6) is -1.57. The second kappa shape index (κ2) is 9.25. The highest BCUT2D eigenvalue weighted by Gasteiger charge is 2.34. The standard InChI is InChI=1S/C16H21NO4S/c1-3-7-14(18)17(13(16(20)21)10-11-22-2)15(19)12-8-5-4-6-9-12/h4-6,8-9,13H,3,7,10-11H2,1-2H3,(H,20,21)/t13-/m0/s1. The van der Waals surface area contributed by atoms with Crippen molar-refractivity contribution in [3.8, 4) is 0 Å². The van der Waals surface area contributed by atoms with E-state index >= 15 is 0 Å². The number of imide groups is 1. The Morgan fingerprint density at radius 1 is 1.23 bits per heavy atom. The third-order valence-electron chi connectivity index (χ3n) is 3.16. The number of hydrogen-bond acceptors (Lipinski definition) is 4. The van der Waals surface area contributed by atoms with E-state index in [1.807, 2.05) is 13.2 Å². The number of amides is 2. The van der Waals surface area contributed by atoms with E-state index in [1.54, 1.807) is 30.3 Å². The molecule has 0 bridgehead atoms. The van der Waals surface area contributed by atoms with Crippen LogP contribution in [0.25, 0.3) is 0 Å². The van der Waals surface area contributed by atoms with Crippen LogP contribution in [0.5, 0.6) is 0 Å². The van der Waals surface area contributed by atoms with Crippen LogP contribution in [-0.4, -0.2) is 45.8 Å². The van der Waals surface area contributed by atoms with Gasteiger partial charge in [0.05, 0.1) is 0 Å². The Morgan fingerprint density at radius 2 is 1.86 bits per heavy atom. The molecule has 1 rings (SSSR count). The molecule has 0 aromatic heterocycles. The number of carbonyl (C=O) groups is 3. The van der Waals surface area contributed by atoms with Crippen LogP contribution in [0.3, 0.4) is 0 Å². The van der Waals surface area contributed by atoms with E-state index in [4.69, 9.17) is 0 Å². The fraction of sp³-hybridized carbons (Fsp3) is 0.438. The van der Waals surface area contributed by atoms with Crippen molar-refractivity contribution in [3.63, 3.8) is 0 Å². The maximum Gasteiger partial charge on any atom is 0.326 e. The predicted molar refractivity (Wildman–Crippen MR) is 86.9 cm³/mol. The van der Waals surface area contributed by atoms with E-state index in [9.17, 15) is 19.5 Å². The molecule has 2 amide bonds. The van der Waals surface area contributed by atoms with Gasteiger partial charge in [-0.1, -0.05) is 25.1 Å². The molecule has 0 radical (unpaired) electrons. The second-order valence-electron chi connectivity index (χ2n) is 4.82. The Bertz CT molecular complexity index is 518. The first-order valence-electron chi connectivity index (χ1n) is 7.16. The molecule has 120 valence electrons. The molecule has 5 nitrogen and oxygen atoms in total. The topological polar surface area (TPSA) is 74.7 Å². The van der Waals surface area contributed by atoms with Crippen molar-refractivity contribution in [1.82, 2.24) is 4.90 Å². The summed E-state index contributed by atoms with van der Waals surface area (Å²) in [6.45, 7) is 1.82. The van der Waals surface area contributed by atoms with Gasteiger partial charge in [0.15, 0.2) is 0 Å². The van der Waals surface area contributed by atoms with Crippen molar-refractivity contribution in [3.05, 3.63) is 35.9 Å². The highest BCUT2D eigenvalue weighted by Crippen LogP contribution is 2.16. The molecule has 0 spiro atoms. The smallest absolute Gasteiger partial charge is 0.326 e. The van der Waals surface area contributed by atoms with Gasteiger partial charge in [0.25, 0.3) is 5.91 Å². The number of thioether (sulfide) groups is 1. The summed E-state index contributed by atoms with van der Waals surface area (Å²) >= 11 is 1.48. The van der Waals surface area contributed by atoms with Crippen molar-refractivity contribution in [2.24, 2.45) is 0 Å². The lowest BCUT2D eigenvalue weighted by molar-refractivity contribution is -0.148. The maximum atomic E-state index is 12.6. The predicted octanol–water partition coefficient (Wildman–Crippen LogP) is 2.66. The molecule has 0 aliphatic heterocycles. The molecular weight excluding hydrogens is 302 g/mol. The van der Waals surface area contributed by atoms with E-state index in [-0.39, 0.29) is 12.8 Å². The van der Waals surface area contributed by atoms with Gasteiger partial charge in [0, 0.05) is 12.0 Å². The zero-order chi connectivity index (χ0) is 16.5. The first-order valence-corrected chi connectivity index (χ1v) is 8.55. The Kier molecular flexibility index (Phi) is 7.66. The van der Waals surface area contributed by atoms with Gasteiger partial charge in [-0.05, 0) is 37.0 Å². The molecule has 0 aliphatic rings. The summed E-state index contributed by atoms with van der Waals surface area (Å²) in [6, 6.07) is 7.18. The zero-order valence-corrected chi connectivity index (χ0v) is 13.6. The van der Waals surface area contributed by atoms with Crippen LogP contribution in [0.1, 0.15) is 36.5 Å². The van der Waals surface area contributed by atoms with Crippen LogP contribution in [-0.2, 0) is 9.59 Å². The summed E-state index contributed by atoms with van der Waals surface area (Å²) < 4.78 is 0. The van der Waals surface area contributed by atoms with E-state index in [0.29, 0.717) is 17.7 Å². The van der Waals surface area contributed by atoms with Crippen molar-refractivity contribution >= 4 is 29.5 Å². The molecule has 0 aliphatic carbocycles. The Morgan fingerprint density at radius 3 is 2.36 bits per heavy atom. The minimum Gasteiger partial charge on any atom is -0.480 e. The molecule has 0 saturated carbocycles. The second-order valence-corrected chi connectivity index (χ2v) is 5.81. The molecule has 0 unspecified atom stereocenters. The third kappa shape index (κ3) is 4.87. The lowest BCUT2D eigenvalue weighted by atomic mass is 10.1. The Labute approximate surface area is 134 Å². The average Bonchev–Trinajstić information content (AvgIpc) is 2.51. The van der Waals surface area contributed by atoms with Crippen LogP contribution in [0.15, 0.2) is 30.3 Å². The molecule has 1 aromatic rings. The van der Waals surface area contributed by atoms with E-state index < -0.39 is 23.8 Å². The third-order valence-corrected chi connectivity index (χ3v) is 3.81. The first-order chi connectivity index (χ1) is 10.5. The van der Waals surface area contributed by atoms with E-state index in [2.05, 4.69) is 0 Å². The minimum absolute atomic E-state index is 0.154. The molecular formula is C16H21NO4S. The van der Waals surface area contributed by atoms with Crippen LogP contribution in [0, 0.1) is 0 Å². The van der Waals surface area contributed by atoms with Gasteiger partial charge in [0.2, 0.25) is 5.91 Å². The lowest BCUT2D eigenvalue weighted by Gasteiger charge is -2.27. The van der Waals surface area contributed by atoms with Crippen LogP contribution < -0.4 is 0 Å². The summed E-state index contributed by atoms with van der Waals surface area (Å²) in [5, 5.41) is 9.43. The van der Waals surface area contributed by atoms with E-state index in [0.717, 1.165) is 4.90 Å². The van der Waals surface area contributed by atoms with Crippen molar-refractivity contribution < 1.29 is 19.5 Å². The number of carboxylic acids is 1. The zero-order valence-electron chi connectivity index (χ0n) is 12.8. The number of rotatable bonds is 8. The molecule has 1 aromatic carbocycles. The van der Waals surface area contributed by atoms with Gasteiger partial charge in [-0.3, -0.25) is 14.5 Å². The molecule has 0 fully saturated rings. The van der Waals surface area contributed by atoms with Crippen LogP contribution in [0.2, 0.25) is 0 Å². The Hall–Kier alpha value is -1.82. The largest absolute Gasteiger partial charge is 0.480 e. The summed E-state index contributed by atoms with van der Waals surface area (Å²) in [7, 11) is 0. The number of hydrogen-bond donors (Lipinski definition) is 1. The molecule has 22 heavy (non-hydrogen) atoms. The van der Waals surface area contributed by atoms with Crippen molar-refractivity contribution in [2.45, 2.75) is 32.2 Å². The summed E-state index contributed by atoms with van der Waals surface area (Å²) in [5.41, 5.74) is 0.322. The van der Waals surface area contributed by atoms with Crippen LogP contribution >= 0.6 is 11.8 Å². The quantitative estimate of drug-likeness (QED) is 0.796. The highest BCUT2D eigenvalue weighted by molar-refractivity contribution is 7.98. The van der Waals surface area contributed by atoms with Crippen molar-refractivity contribution in [1.29, 1.82) is 0 Å². The van der Waals surface area contributed by atoms with Gasteiger partial charge in [-0.15, -0.1) is 0 Å². The Balaban J connectivity index is 3.13. The van der Waals surface area contributed by atoms with Crippen molar-refractivity contribution in [2.75, 3.05) is 12.0 Å². The SMILES string of the molecule is CCCC(=O)N(C(=O)c1ccccc1)[C@@H](CCSC)C(=O)O. The van der Waals surface area contributed by atoms with Gasteiger partial charge in [-0.2, -0.15) is 11.8 Å². The summed E-state index contributed by atoms with van der Waals surface area (Å²) in [4.78, 5) is 37.4. The first kappa shape index (κ1) is 18.2. The summed E-state index contributed by atoms with van der Waals surface area (Å²) in [6.07, 6.45) is 2.81. The molecule has 6 heteroatoms. The highest BCUT2D eigenvalue weighted by atomic mass is 32.2.